The molecule has 0 saturated heterocycles. The molecule has 21 heavy (non-hydrogen) atoms. The number of rotatable bonds is 3. The topological polar surface area (TPSA) is 59.9 Å². The molecule has 11 heteroatoms. The minimum atomic E-state index is -4.84. The molecule has 1 aromatic carbocycles. The minimum Gasteiger partial charge on any atom is -0.404 e. The van der Waals surface area contributed by atoms with Gasteiger partial charge in [0.2, 0.25) is 16.5 Å². The van der Waals surface area contributed by atoms with Crippen LogP contribution in [0.4, 0.5) is 24.8 Å². The Hall–Kier alpha value is -1.32. The standard InChI is InChI=1S/C10H4BrCl2F3N4O/c11-4-1-2-5(6(3-4)21-10(14,15)16)17-9-19-7(12)18-8(13)20-9/h1-3H,(H,17,18,19,20). The van der Waals surface area contributed by atoms with Crippen LogP contribution in [0, 0.1) is 0 Å². The number of nitrogens with one attached hydrogen (secondary N) is 1. The van der Waals surface area contributed by atoms with Gasteiger partial charge in [0, 0.05) is 4.47 Å². The minimum absolute atomic E-state index is 0.0196. The van der Waals surface area contributed by atoms with Crippen molar-refractivity contribution in [2.45, 2.75) is 6.36 Å². The van der Waals surface area contributed by atoms with E-state index in [1.807, 2.05) is 0 Å². The van der Waals surface area contributed by atoms with Crippen LogP contribution in [-0.4, -0.2) is 21.3 Å². The second-order valence-corrected chi connectivity index (χ2v) is 5.10. The summed E-state index contributed by atoms with van der Waals surface area (Å²) in [4.78, 5) is 10.9. The van der Waals surface area contributed by atoms with E-state index in [1.54, 1.807) is 0 Å². The molecular formula is C10H4BrCl2F3N4O. The fraction of sp³-hybridized carbons (Fsp3) is 0.100. The third kappa shape index (κ3) is 4.87. The summed E-state index contributed by atoms with van der Waals surface area (Å²) in [6.45, 7) is 0. The van der Waals surface area contributed by atoms with Gasteiger partial charge in [-0.2, -0.15) is 15.0 Å². The van der Waals surface area contributed by atoms with E-state index in [9.17, 15) is 13.2 Å². The van der Waals surface area contributed by atoms with E-state index < -0.39 is 12.1 Å². The van der Waals surface area contributed by atoms with Gasteiger partial charge < -0.3 is 10.1 Å². The number of nitrogens with zero attached hydrogens (tertiary/aromatic N) is 3. The van der Waals surface area contributed by atoms with Crippen LogP contribution in [0.1, 0.15) is 0 Å². The van der Waals surface area contributed by atoms with Crippen molar-refractivity contribution in [3.8, 4) is 5.75 Å². The Morgan fingerprint density at radius 3 is 2.29 bits per heavy atom. The summed E-state index contributed by atoms with van der Waals surface area (Å²) in [5.41, 5.74) is -0.0196. The highest BCUT2D eigenvalue weighted by molar-refractivity contribution is 9.10. The predicted molar refractivity (Wildman–Crippen MR) is 74.0 cm³/mol. The number of hydrogen-bond acceptors (Lipinski definition) is 5. The Kier molecular flexibility index (Phi) is 4.74. The molecule has 1 aromatic heterocycles. The van der Waals surface area contributed by atoms with Crippen molar-refractivity contribution in [3.63, 3.8) is 0 Å². The first kappa shape index (κ1) is 16.1. The fourth-order valence-electron chi connectivity index (χ4n) is 1.31. The lowest BCUT2D eigenvalue weighted by Crippen LogP contribution is -2.18. The summed E-state index contributed by atoms with van der Waals surface area (Å²) in [5, 5.41) is 2.13. The van der Waals surface area contributed by atoms with Crippen LogP contribution in [0.3, 0.4) is 0 Å². The molecule has 0 amide bonds. The second kappa shape index (κ2) is 6.20. The first-order chi connectivity index (χ1) is 9.73. The Balaban J connectivity index is 2.34. The van der Waals surface area contributed by atoms with Gasteiger partial charge in [0.25, 0.3) is 0 Å². The maximum Gasteiger partial charge on any atom is 0.573 e. The molecule has 0 saturated carbocycles. The largest absolute Gasteiger partial charge is 0.573 e. The molecule has 1 heterocycles. The molecule has 0 spiro atoms. The Morgan fingerprint density at radius 1 is 1.10 bits per heavy atom. The monoisotopic (exact) mass is 402 g/mol. The van der Waals surface area contributed by atoms with Gasteiger partial charge >= 0.3 is 6.36 Å². The third-order valence-corrected chi connectivity index (χ3v) is 2.83. The maximum absolute atomic E-state index is 12.4. The average Bonchev–Trinajstić information content (AvgIpc) is 2.29. The SMILES string of the molecule is FC(F)(F)Oc1cc(Br)ccc1Nc1nc(Cl)nc(Cl)n1. The van der Waals surface area contributed by atoms with E-state index in [0.717, 1.165) is 6.07 Å². The summed E-state index contributed by atoms with van der Waals surface area (Å²) < 4.78 is 41.4. The van der Waals surface area contributed by atoms with E-state index >= 15 is 0 Å². The second-order valence-electron chi connectivity index (χ2n) is 3.51. The predicted octanol–water partition coefficient (Wildman–Crippen LogP) is 4.58. The van der Waals surface area contributed by atoms with Gasteiger partial charge in [-0.3, -0.25) is 0 Å². The number of halogens is 6. The zero-order valence-electron chi connectivity index (χ0n) is 9.75. The maximum atomic E-state index is 12.4. The highest BCUT2D eigenvalue weighted by Crippen LogP contribution is 2.34. The molecule has 5 nitrogen and oxygen atoms in total. The van der Waals surface area contributed by atoms with Gasteiger partial charge in [-0.1, -0.05) is 15.9 Å². The number of benzene rings is 1. The first-order valence-corrected chi connectivity index (χ1v) is 6.67. The summed E-state index contributed by atoms with van der Waals surface area (Å²) in [6.07, 6.45) is -4.84. The lowest BCUT2D eigenvalue weighted by molar-refractivity contribution is -0.274. The van der Waals surface area contributed by atoms with Gasteiger partial charge in [0.05, 0.1) is 5.69 Å². The van der Waals surface area contributed by atoms with Crippen molar-refractivity contribution in [2.75, 3.05) is 5.32 Å². The van der Waals surface area contributed by atoms with E-state index in [2.05, 4.69) is 40.9 Å². The molecule has 0 aliphatic carbocycles. The molecule has 0 radical (unpaired) electrons. The lowest BCUT2D eigenvalue weighted by atomic mass is 10.3. The van der Waals surface area contributed by atoms with E-state index in [4.69, 9.17) is 23.2 Å². The highest BCUT2D eigenvalue weighted by atomic mass is 79.9. The molecular weight excluding hydrogens is 400 g/mol. The van der Waals surface area contributed by atoms with Crippen molar-refractivity contribution in [3.05, 3.63) is 33.2 Å². The molecule has 112 valence electrons. The van der Waals surface area contributed by atoms with Gasteiger partial charge in [0.1, 0.15) is 0 Å². The quantitative estimate of drug-likeness (QED) is 0.812. The summed E-state index contributed by atoms with van der Waals surface area (Å²) in [5.74, 6) is -0.584. The summed E-state index contributed by atoms with van der Waals surface area (Å²) in [7, 11) is 0. The van der Waals surface area contributed by atoms with Crippen molar-refractivity contribution in [1.29, 1.82) is 0 Å². The molecule has 0 unspecified atom stereocenters. The number of ether oxygens (including phenoxy) is 1. The van der Waals surface area contributed by atoms with Crippen LogP contribution in [0.2, 0.25) is 10.6 Å². The number of anilines is 2. The normalized spacial score (nSPS) is 11.3. The molecule has 0 fully saturated rings. The van der Waals surface area contributed by atoms with Crippen LogP contribution >= 0.6 is 39.1 Å². The molecule has 0 atom stereocenters. The third-order valence-electron chi connectivity index (χ3n) is 2.00. The summed E-state index contributed by atoms with van der Waals surface area (Å²) >= 11 is 14.2. The fourth-order valence-corrected chi connectivity index (χ4v) is 2.01. The van der Waals surface area contributed by atoms with E-state index in [0.29, 0.717) is 4.47 Å². The number of alkyl halides is 3. The highest BCUT2D eigenvalue weighted by Gasteiger charge is 2.32. The zero-order chi connectivity index (χ0) is 15.6. The zero-order valence-corrected chi connectivity index (χ0v) is 12.8. The van der Waals surface area contributed by atoms with Crippen LogP contribution in [-0.2, 0) is 0 Å². The van der Waals surface area contributed by atoms with Gasteiger partial charge in [-0.25, -0.2) is 0 Å². The average molecular weight is 404 g/mol. The van der Waals surface area contributed by atoms with Gasteiger partial charge in [0.15, 0.2) is 5.75 Å². The smallest absolute Gasteiger partial charge is 0.404 e. The Morgan fingerprint density at radius 2 is 1.71 bits per heavy atom. The van der Waals surface area contributed by atoms with Crippen LogP contribution in [0.15, 0.2) is 22.7 Å². The first-order valence-electron chi connectivity index (χ1n) is 5.12. The van der Waals surface area contributed by atoms with Crippen LogP contribution in [0.25, 0.3) is 0 Å². The summed E-state index contributed by atoms with van der Waals surface area (Å²) in [6, 6.07) is 3.99. The molecule has 0 aliphatic rings. The van der Waals surface area contributed by atoms with Crippen molar-refractivity contribution >= 4 is 50.8 Å². The molecule has 1 N–H and O–H groups in total. The van der Waals surface area contributed by atoms with Gasteiger partial charge in [-0.05, 0) is 41.4 Å². The number of hydrogen-bond donors (Lipinski definition) is 1. The van der Waals surface area contributed by atoms with Crippen molar-refractivity contribution < 1.29 is 17.9 Å². The molecule has 2 rings (SSSR count). The van der Waals surface area contributed by atoms with Crippen LogP contribution < -0.4 is 10.1 Å². The number of aromatic nitrogens is 3. The van der Waals surface area contributed by atoms with E-state index in [1.165, 1.54) is 12.1 Å². The molecule has 0 bridgehead atoms. The molecule has 0 aliphatic heterocycles. The lowest BCUT2D eigenvalue weighted by Gasteiger charge is -2.14. The van der Waals surface area contributed by atoms with E-state index in [-0.39, 0.29) is 22.2 Å². The Labute approximate surface area is 134 Å². The van der Waals surface area contributed by atoms with Crippen LogP contribution in [0.5, 0.6) is 5.75 Å². The van der Waals surface area contributed by atoms with Gasteiger partial charge in [-0.15, -0.1) is 13.2 Å². The molecule has 2 aromatic rings. The van der Waals surface area contributed by atoms with Crippen molar-refractivity contribution in [1.82, 2.24) is 15.0 Å². The Bertz CT molecular complexity index is 651. The van der Waals surface area contributed by atoms with Crippen molar-refractivity contribution in [2.24, 2.45) is 0 Å².